The number of hydrogen-bond donors (Lipinski definition) is 2. The van der Waals surface area contributed by atoms with E-state index in [2.05, 4.69) is 28.2 Å². The topological polar surface area (TPSA) is 81.4 Å². The van der Waals surface area contributed by atoms with Gasteiger partial charge >= 0.3 is 0 Å². The number of primary amides is 1. The number of rotatable bonds is 5. The van der Waals surface area contributed by atoms with Crippen LogP contribution < -0.4 is 15.8 Å². The molecule has 7 heteroatoms. The molecule has 3 N–H and O–H groups in total. The maximum absolute atomic E-state index is 12.4. The minimum Gasteiger partial charge on any atom is -0.496 e. The Hall–Kier alpha value is -2.12. The molecule has 0 bridgehead atoms. The fraction of sp³-hybridized carbons (Fsp3) is 0.300. The standard InChI is InChI=1S/C20H21BrN2O3S/c1-11-3-6-13-16(9-11)27-20(18(13)19(22)25)23-17(24)8-5-12-4-7-15(26-2)14(21)10-12/h4-5,7-8,10-11H,3,6,9H2,1-2H3,(H2,22,25)(H,23,24). The largest absolute Gasteiger partial charge is 0.496 e. The van der Waals surface area contributed by atoms with Crippen molar-refractivity contribution in [2.75, 3.05) is 12.4 Å². The number of fused-ring (bicyclic) bond motifs is 1. The molecule has 1 aliphatic carbocycles. The number of benzene rings is 1. The van der Waals surface area contributed by atoms with Gasteiger partial charge in [0.15, 0.2) is 0 Å². The number of halogens is 1. The number of anilines is 1. The van der Waals surface area contributed by atoms with Crippen LogP contribution in [0, 0.1) is 5.92 Å². The van der Waals surface area contributed by atoms with E-state index in [9.17, 15) is 9.59 Å². The van der Waals surface area contributed by atoms with E-state index in [0.29, 0.717) is 16.5 Å². The first-order valence-corrected chi connectivity index (χ1v) is 10.3. The molecule has 1 heterocycles. The van der Waals surface area contributed by atoms with Gasteiger partial charge in [-0.25, -0.2) is 0 Å². The number of thiophene rings is 1. The molecule has 27 heavy (non-hydrogen) atoms. The predicted molar refractivity (Wildman–Crippen MR) is 112 cm³/mol. The fourth-order valence-electron chi connectivity index (χ4n) is 3.21. The van der Waals surface area contributed by atoms with Gasteiger partial charge in [-0.05, 0) is 70.4 Å². The van der Waals surface area contributed by atoms with Crippen molar-refractivity contribution in [3.63, 3.8) is 0 Å². The number of hydrogen-bond acceptors (Lipinski definition) is 4. The van der Waals surface area contributed by atoms with Gasteiger partial charge in [0.25, 0.3) is 5.91 Å². The molecule has 1 unspecified atom stereocenters. The number of carbonyl (C=O) groups excluding carboxylic acids is 2. The van der Waals surface area contributed by atoms with Crippen LogP contribution in [0.25, 0.3) is 6.08 Å². The third kappa shape index (κ3) is 4.42. The van der Waals surface area contributed by atoms with Crippen molar-refractivity contribution >= 4 is 50.2 Å². The van der Waals surface area contributed by atoms with E-state index < -0.39 is 5.91 Å². The molecule has 0 spiro atoms. The van der Waals surface area contributed by atoms with Gasteiger partial charge in [-0.3, -0.25) is 9.59 Å². The Kier molecular flexibility index (Phi) is 6.01. The Morgan fingerprint density at radius 1 is 1.41 bits per heavy atom. The second-order valence-corrected chi connectivity index (χ2v) is 8.60. The van der Waals surface area contributed by atoms with E-state index in [1.807, 2.05) is 18.2 Å². The lowest BCUT2D eigenvalue weighted by atomic mass is 9.88. The molecule has 0 radical (unpaired) electrons. The summed E-state index contributed by atoms with van der Waals surface area (Å²) in [5.74, 6) is 0.520. The predicted octanol–water partition coefficient (Wildman–Crippen LogP) is 4.39. The van der Waals surface area contributed by atoms with Crippen LogP contribution in [0.5, 0.6) is 5.75 Å². The first kappa shape index (κ1) is 19.6. The van der Waals surface area contributed by atoms with E-state index in [-0.39, 0.29) is 5.91 Å². The molecule has 142 valence electrons. The number of ether oxygens (including phenoxy) is 1. The average molecular weight is 449 g/mol. The Morgan fingerprint density at radius 2 is 2.19 bits per heavy atom. The third-order valence-corrected chi connectivity index (χ3v) is 6.39. The molecular formula is C20H21BrN2O3S. The van der Waals surface area contributed by atoms with E-state index in [1.54, 1.807) is 13.2 Å². The van der Waals surface area contributed by atoms with Gasteiger partial charge in [0, 0.05) is 11.0 Å². The maximum atomic E-state index is 12.4. The van der Waals surface area contributed by atoms with Crippen molar-refractivity contribution in [3.8, 4) is 5.75 Å². The summed E-state index contributed by atoms with van der Waals surface area (Å²) in [6.07, 6.45) is 5.94. The summed E-state index contributed by atoms with van der Waals surface area (Å²) in [6.45, 7) is 2.20. The van der Waals surface area contributed by atoms with Crippen LogP contribution in [-0.2, 0) is 17.6 Å². The van der Waals surface area contributed by atoms with Crippen LogP contribution in [0.3, 0.4) is 0 Å². The van der Waals surface area contributed by atoms with Crippen LogP contribution in [0.1, 0.15) is 39.7 Å². The third-order valence-electron chi connectivity index (χ3n) is 4.60. The van der Waals surface area contributed by atoms with E-state index >= 15 is 0 Å². The van der Waals surface area contributed by atoms with Crippen LogP contribution in [0.4, 0.5) is 5.00 Å². The van der Waals surface area contributed by atoms with Gasteiger partial charge in [0.1, 0.15) is 10.8 Å². The molecule has 1 aliphatic rings. The quantitative estimate of drug-likeness (QED) is 0.665. The number of nitrogens with two attached hydrogens (primary N) is 1. The van der Waals surface area contributed by atoms with Gasteiger partial charge in [0.2, 0.25) is 5.91 Å². The highest BCUT2D eigenvalue weighted by Crippen LogP contribution is 2.39. The molecule has 5 nitrogen and oxygen atoms in total. The average Bonchev–Trinajstić information content (AvgIpc) is 2.97. The molecule has 0 saturated heterocycles. The normalized spacial score (nSPS) is 16.2. The minimum absolute atomic E-state index is 0.295. The monoisotopic (exact) mass is 448 g/mol. The summed E-state index contributed by atoms with van der Waals surface area (Å²) in [6, 6.07) is 5.54. The van der Waals surface area contributed by atoms with Crippen molar-refractivity contribution in [2.45, 2.75) is 26.2 Å². The minimum atomic E-state index is -0.486. The number of methoxy groups -OCH3 is 1. The van der Waals surface area contributed by atoms with Crippen molar-refractivity contribution in [3.05, 3.63) is 50.3 Å². The van der Waals surface area contributed by atoms with Crippen molar-refractivity contribution < 1.29 is 14.3 Å². The number of nitrogens with one attached hydrogen (secondary N) is 1. The highest BCUT2D eigenvalue weighted by Gasteiger charge is 2.26. The van der Waals surface area contributed by atoms with Crippen molar-refractivity contribution in [2.24, 2.45) is 11.7 Å². The van der Waals surface area contributed by atoms with Crippen molar-refractivity contribution in [1.82, 2.24) is 0 Å². The summed E-state index contributed by atoms with van der Waals surface area (Å²) in [4.78, 5) is 25.5. The molecule has 0 fully saturated rings. The van der Waals surface area contributed by atoms with Crippen LogP contribution in [-0.4, -0.2) is 18.9 Å². The second-order valence-electron chi connectivity index (χ2n) is 6.64. The molecule has 0 aliphatic heterocycles. The SMILES string of the molecule is COc1ccc(C=CC(=O)Nc2sc3c(c2C(N)=O)CCC(C)C3)cc1Br. The Labute approximate surface area is 170 Å². The highest BCUT2D eigenvalue weighted by atomic mass is 79.9. The van der Waals surface area contributed by atoms with Gasteiger partial charge in [-0.15, -0.1) is 11.3 Å². The molecule has 1 aromatic heterocycles. The molecular weight excluding hydrogens is 428 g/mol. The first-order chi connectivity index (χ1) is 12.9. The molecule has 2 amide bonds. The zero-order valence-corrected chi connectivity index (χ0v) is 17.6. The number of carbonyl (C=O) groups is 2. The number of amides is 2. The lowest BCUT2D eigenvalue weighted by molar-refractivity contribution is -0.111. The van der Waals surface area contributed by atoms with E-state index in [0.717, 1.165) is 45.5 Å². The smallest absolute Gasteiger partial charge is 0.251 e. The highest BCUT2D eigenvalue weighted by molar-refractivity contribution is 9.10. The second kappa shape index (κ2) is 8.27. The van der Waals surface area contributed by atoms with Crippen LogP contribution in [0.2, 0.25) is 0 Å². The zero-order chi connectivity index (χ0) is 19.6. The van der Waals surface area contributed by atoms with Gasteiger partial charge in [-0.2, -0.15) is 0 Å². The van der Waals surface area contributed by atoms with Crippen LogP contribution in [0.15, 0.2) is 28.7 Å². The zero-order valence-electron chi connectivity index (χ0n) is 15.2. The van der Waals surface area contributed by atoms with Crippen LogP contribution >= 0.6 is 27.3 Å². The lowest BCUT2D eigenvalue weighted by Gasteiger charge is -2.18. The summed E-state index contributed by atoms with van der Waals surface area (Å²) >= 11 is 4.88. The lowest BCUT2D eigenvalue weighted by Crippen LogP contribution is -2.18. The fourth-order valence-corrected chi connectivity index (χ4v) is 5.19. The molecule has 1 atom stereocenters. The summed E-state index contributed by atoms with van der Waals surface area (Å²) in [7, 11) is 1.60. The van der Waals surface area contributed by atoms with E-state index in [4.69, 9.17) is 10.5 Å². The summed E-state index contributed by atoms with van der Waals surface area (Å²) < 4.78 is 6.00. The molecule has 0 saturated carbocycles. The van der Waals surface area contributed by atoms with Crippen molar-refractivity contribution in [1.29, 1.82) is 0 Å². The van der Waals surface area contributed by atoms with Gasteiger partial charge < -0.3 is 15.8 Å². The first-order valence-electron chi connectivity index (χ1n) is 8.66. The van der Waals surface area contributed by atoms with Gasteiger partial charge in [-0.1, -0.05) is 13.0 Å². The summed E-state index contributed by atoms with van der Waals surface area (Å²) in [5.41, 5.74) is 7.91. The Bertz CT molecular complexity index is 920. The molecule has 2 aromatic rings. The Balaban J connectivity index is 1.78. The maximum Gasteiger partial charge on any atom is 0.251 e. The summed E-state index contributed by atoms with van der Waals surface area (Å²) in [5, 5.41) is 3.38. The molecule has 3 rings (SSSR count). The Morgan fingerprint density at radius 3 is 2.85 bits per heavy atom. The van der Waals surface area contributed by atoms with E-state index in [1.165, 1.54) is 17.4 Å². The molecule has 1 aromatic carbocycles. The van der Waals surface area contributed by atoms with Gasteiger partial charge in [0.05, 0.1) is 17.1 Å².